The standard InChI is InChI=1S/C28H30F2O4.C16H25O4P/c1-2-34-27(31)28(29,30)26-15-13-22(14-16-26)17-25(20-32-18-23-9-5-3-6-10-23)21-33-19-24-11-7-4-8-12-24;1-15(2,3)19-21(18,20-16(4,5)6)14(17)13-10-11-7-8-12(13)9-11/h3-16,25H,2,17-21H2,1H3;7-8,10,14,17H,9H2,1-6H3. The van der Waals surface area contributed by atoms with Crippen molar-refractivity contribution in [2.24, 2.45) is 5.92 Å². The number of hydrogen-bond acceptors (Lipinski definition) is 8. The summed E-state index contributed by atoms with van der Waals surface area (Å²) in [7, 11) is -3.71. The van der Waals surface area contributed by atoms with Gasteiger partial charge >= 0.3 is 19.5 Å². The van der Waals surface area contributed by atoms with Gasteiger partial charge in [0.25, 0.3) is 0 Å². The number of rotatable bonds is 17. The van der Waals surface area contributed by atoms with Crippen LogP contribution in [0.4, 0.5) is 8.78 Å². The Morgan fingerprint density at radius 1 is 0.764 bits per heavy atom. The number of halogens is 2. The number of esters is 1. The van der Waals surface area contributed by atoms with Crippen molar-refractivity contribution >= 4 is 13.6 Å². The highest BCUT2D eigenvalue weighted by Crippen LogP contribution is 2.61. The Hall–Kier alpha value is -3.76. The summed E-state index contributed by atoms with van der Waals surface area (Å²) in [6.45, 7) is 14.1. The molecule has 0 spiro atoms. The average molecular weight is 781 g/mol. The Bertz CT molecular complexity index is 1760. The summed E-state index contributed by atoms with van der Waals surface area (Å²) in [6.07, 6.45) is 7.22. The van der Waals surface area contributed by atoms with Gasteiger partial charge < -0.3 is 28.4 Å². The second-order valence-corrected chi connectivity index (χ2v) is 17.5. The van der Waals surface area contributed by atoms with Crippen molar-refractivity contribution in [3.8, 4) is 0 Å². The van der Waals surface area contributed by atoms with E-state index in [9.17, 15) is 23.2 Å². The summed E-state index contributed by atoms with van der Waals surface area (Å²) in [5.74, 6) is -6.44. The number of fused-ring (bicyclic) bond motifs is 2. The summed E-state index contributed by atoms with van der Waals surface area (Å²) in [5.41, 5.74) is 4.07. The van der Waals surface area contributed by atoms with Crippen molar-refractivity contribution in [3.63, 3.8) is 0 Å². The fourth-order valence-electron chi connectivity index (χ4n) is 5.95. The SMILES string of the molecule is CC(C)(C)OP(=O)(OC(C)(C)C)C(O)C1=C2C=CC(=C1)C2.CCOC(=O)C(F)(F)c1ccc(CC(COCc2ccccc2)COCc2ccccc2)cc1. The van der Waals surface area contributed by atoms with Crippen molar-refractivity contribution in [2.75, 3.05) is 19.8 Å². The van der Waals surface area contributed by atoms with Crippen LogP contribution in [-0.2, 0) is 58.2 Å². The van der Waals surface area contributed by atoms with Gasteiger partial charge in [-0.15, -0.1) is 0 Å². The van der Waals surface area contributed by atoms with Crippen LogP contribution in [0.25, 0.3) is 0 Å². The molecule has 11 heteroatoms. The van der Waals surface area contributed by atoms with E-state index in [0.29, 0.717) is 38.4 Å². The molecule has 0 amide bonds. The van der Waals surface area contributed by atoms with Crippen LogP contribution in [0.2, 0.25) is 0 Å². The van der Waals surface area contributed by atoms with E-state index in [1.54, 1.807) is 53.7 Å². The number of carbonyl (C=O) groups excluding carboxylic acids is 1. The number of alkyl halides is 2. The number of hydrogen-bond donors (Lipinski definition) is 1. The molecule has 5 rings (SSSR count). The smallest absolute Gasteiger partial charge is 0.381 e. The minimum Gasteiger partial charge on any atom is -0.461 e. The predicted molar refractivity (Wildman–Crippen MR) is 211 cm³/mol. The first kappa shape index (κ1) is 44.0. The molecule has 2 bridgehead atoms. The summed E-state index contributed by atoms with van der Waals surface area (Å²) in [4.78, 5) is 11.6. The molecule has 1 atom stereocenters. The van der Waals surface area contributed by atoms with Gasteiger partial charge in [0.15, 0.2) is 5.85 Å². The van der Waals surface area contributed by atoms with E-state index in [1.165, 1.54) is 19.1 Å². The third-order valence-corrected chi connectivity index (χ3v) is 10.8. The first-order valence-corrected chi connectivity index (χ1v) is 20.2. The van der Waals surface area contributed by atoms with Crippen LogP contribution < -0.4 is 0 Å². The van der Waals surface area contributed by atoms with Gasteiger partial charge in [-0.2, -0.15) is 8.78 Å². The van der Waals surface area contributed by atoms with Crippen molar-refractivity contribution in [1.29, 1.82) is 0 Å². The van der Waals surface area contributed by atoms with Gasteiger partial charge in [-0.05, 0) is 94.7 Å². The fraction of sp³-hybridized carbons (Fsp3) is 0.432. The Morgan fingerprint density at radius 3 is 1.69 bits per heavy atom. The number of benzene rings is 3. The summed E-state index contributed by atoms with van der Waals surface area (Å²) >= 11 is 0. The van der Waals surface area contributed by atoms with Crippen molar-refractivity contribution in [2.45, 2.75) is 97.5 Å². The van der Waals surface area contributed by atoms with Crippen LogP contribution in [0, 0.1) is 5.92 Å². The van der Waals surface area contributed by atoms with Gasteiger partial charge in [0, 0.05) is 11.5 Å². The van der Waals surface area contributed by atoms with Crippen LogP contribution in [0.3, 0.4) is 0 Å². The molecule has 0 aliphatic heterocycles. The molecule has 0 saturated heterocycles. The quantitative estimate of drug-likeness (QED) is 0.107. The maximum absolute atomic E-state index is 14.3. The zero-order chi connectivity index (χ0) is 40.3. The Kier molecular flexibility index (Phi) is 15.5. The molecule has 8 nitrogen and oxygen atoms in total. The molecule has 0 heterocycles. The van der Waals surface area contributed by atoms with Gasteiger partial charge in [0.1, 0.15) is 0 Å². The minimum absolute atomic E-state index is 0.0313. The second kappa shape index (κ2) is 19.4. The third-order valence-electron chi connectivity index (χ3n) is 8.29. The number of allylic oxidation sites excluding steroid dienone is 4. The van der Waals surface area contributed by atoms with Crippen LogP contribution in [0.5, 0.6) is 0 Å². The molecule has 1 unspecified atom stereocenters. The maximum Gasteiger partial charge on any atom is 0.381 e. The molecule has 298 valence electrons. The number of aliphatic hydroxyl groups excluding tert-OH is 1. The van der Waals surface area contributed by atoms with Gasteiger partial charge in [-0.25, -0.2) is 4.79 Å². The first-order valence-electron chi connectivity index (χ1n) is 18.6. The van der Waals surface area contributed by atoms with Crippen molar-refractivity contribution in [1.82, 2.24) is 0 Å². The van der Waals surface area contributed by atoms with E-state index in [4.69, 9.17) is 18.5 Å². The lowest BCUT2D eigenvalue weighted by molar-refractivity contribution is -0.173. The Morgan fingerprint density at radius 2 is 1.27 bits per heavy atom. The van der Waals surface area contributed by atoms with Crippen LogP contribution in [0.1, 0.15) is 77.1 Å². The summed E-state index contributed by atoms with van der Waals surface area (Å²) in [5, 5.41) is 10.7. The minimum atomic E-state index is -3.71. The van der Waals surface area contributed by atoms with Crippen molar-refractivity contribution in [3.05, 3.63) is 142 Å². The molecule has 2 aliphatic rings. The summed E-state index contributed by atoms with van der Waals surface area (Å²) in [6, 6.07) is 25.6. The molecule has 1 N–H and O–H groups in total. The van der Waals surface area contributed by atoms with E-state index < -0.39 is 36.5 Å². The zero-order valence-corrected chi connectivity index (χ0v) is 33.8. The van der Waals surface area contributed by atoms with E-state index >= 15 is 0 Å². The van der Waals surface area contributed by atoms with Crippen LogP contribution in [0.15, 0.2) is 120 Å². The molecule has 0 aromatic heterocycles. The molecular weight excluding hydrogens is 725 g/mol. The second-order valence-electron chi connectivity index (χ2n) is 15.6. The molecular formula is C44H55F2O8P. The Labute approximate surface area is 324 Å². The molecule has 0 radical (unpaired) electrons. The van der Waals surface area contributed by atoms with E-state index in [1.807, 2.05) is 78.9 Å². The van der Waals surface area contributed by atoms with Gasteiger partial charge in [0.2, 0.25) is 0 Å². The largest absolute Gasteiger partial charge is 0.461 e. The number of aliphatic hydroxyl groups is 1. The molecule has 0 saturated carbocycles. The third kappa shape index (κ3) is 13.7. The number of carbonyl (C=O) groups is 1. The zero-order valence-electron chi connectivity index (χ0n) is 32.9. The predicted octanol–water partition coefficient (Wildman–Crippen LogP) is 10.3. The van der Waals surface area contributed by atoms with Crippen LogP contribution >= 0.6 is 7.60 Å². The average Bonchev–Trinajstić information content (AvgIpc) is 3.76. The van der Waals surface area contributed by atoms with Gasteiger partial charge in [-0.1, -0.05) is 103 Å². The normalized spacial score (nSPS) is 14.9. The molecule has 3 aromatic carbocycles. The Balaban J connectivity index is 0.000000274. The van der Waals surface area contributed by atoms with E-state index in [-0.39, 0.29) is 18.1 Å². The van der Waals surface area contributed by atoms with E-state index in [0.717, 1.165) is 34.3 Å². The molecule has 0 fully saturated rings. The van der Waals surface area contributed by atoms with E-state index in [2.05, 4.69) is 4.74 Å². The maximum atomic E-state index is 14.3. The highest BCUT2D eigenvalue weighted by Gasteiger charge is 2.45. The molecule has 3 aromatic rings. The monoisotopic (exact) mass is 780 g/mol. The topological polar surface area (TPSA) is 101 Å². The lowest BCUT2D eigenvalue weighted by Crippen LogP contribution is -2.29. The fourth-order valence-corrected chi connectivity index (χ4v) is 8.30. The molecule has 55 heavy (non-hydrogen) atoms. The summed E-state index contributed by atoms with van der Waals surface area (Å²) < 4.78 is 69.5. The first-order chi connectivity index (χ1) is 25.9. The lowest BCUT2D eigenvalue weighted by atomic mass is 9.98. The number of ether oxygens (including phenoxy) is 3. The molecule has 2 aliphatic carbocycles. The van der Waals surface area contributed by atoms with Gasteiger partial charge in [-0.3, -0.25) is 4.57 Å². The lowest BCUT2D eigenvalue weighted by Gasteiger charge is -2.34. The highest BCUT2D eigenvalue weighted by molar-refractivity contribution is 7.54. The highest BCUT2D eigenvalue weighted by atomic mass is 31.2. The van der Waals surface area contributed by atoms with Gasteiger partial charge in [0.05, 0.1) is 44.2 Å². The van der Waals surface area contributed by atoms with Crippen LogP contribution in [-0.4, -0.2) is 47.9 Å². The van der Waals surface area contributed by atoms with Crippen molar-refractivity contribution < 1.29 is 46.5 Å².